The van der Waals surface area contributed by atoms with E-state index in [1.807, 2.05) is 0 Å². The van der Waals surface area contributed by atoms with Crippen LogP contribution < -0.4 is 5.32 Å². The van der Waals surface area contributed by atoms with Crippen LogP contribution in [-0.2, 0) is 0 Å². The first-order valence-corrected chi connectivity index (χ1v) is 9.45. The van der Waals surface area contributed by atoms with Crippen LogP contribution in [0.4, 0.5) is 0 Å². The summed E-state index contributed by atoms with van der Waals surface area (Å²) >= 11 is 0. The highest BCUT2D eigenvalue weighted by Gasteiger charge is 2.41. The van der Waals surface area contributed by atoms with Gasteiger partial charge in [0.15, 0.2) is 0 Å². The molecule has 0 amide bonds. The fraction of sp³-hybridized carbons (Fsp3) is 1.00. The van der Waals surface area contributed by atoms with Crippen LogP contribution in [0.2, 0.25) is 0 Å². The molecule has 0 heterocycles. The molecule has 3 fully saturated rings. The van der Waals surface area contributed by atoms with Crippen molar-refractivity contribution < 1.29 is 0 Å². The second-order valence-corrected chi connectivity index (χ2v) is 8.39. The molecule has 0 aromatic rings. The van der Waals surface area contributed by atoms with E-state index in [2.05, 4.69) is 19.2 Å². The Bertz CT molecular complexity index is 298. The molecule has 0 spiro atoms. The standard InChI is InChI=1S/C19H35N/c1-14(2)20-13-18-7-5-3-4-6-16(18)12-19-11-15-8-9-17(19)10-15/h14-20H,3-13H2,1-2H3. The number of rotatable bonds is 5. The summed E-state index contributed by atoms with van der Waals surface area (Å²) in [7, 11) is 0. The van der Waals surface area contributed by atoms with Gasteiger partial charge in [-0.05, 0) is 68.2 Å². The maximum Gasteiger partial charge on any atom is 0.00104 e. The summed E-state index contributed by atoms with van der Waals surface area (Å²) in [4.78, 5) is 0. The summed E-state index contributed by atoms with van der Waals surface area (Å²) < 4.78 is 0. The summed E-state index contributed by atoms with van der Waals surface area (Å²) in [6.07, 6.45) is 15.4. The second kappa shape index (κ2) is 6.81. The molecule has 3 aliphatic rings. The highest BCUT2D eigenvalue weighted by atomic mass is 14.9. The lowest BCUT2D eigenvalue weighted by Gasteiger charge is -2.31. The Labute approximate surface area is 126 Å². The van der Waals surface area contributed by atoms with Gasteiger partial charge in [0.25, 0.3) is 0 Å². The number of hydrogen-bond acceptors (Lipinski definition) is 1. The van der Waals surface area contributed by atoms with E-state index in [0.29, 0.717) is 6.04 Å². The van der Waals surface area contributed by atoms with Gasteiger partial charge in [0.1, 0.15) is 0 Å². The molecule has 0 aliphatic heterocycles. The van der Waals surface area contributed by atoms with Gasteiger partial charge in [0, 0.05) is 6.04 Å². The van der Waals surface area contributed by atoms with E-state index in [-0.39, 0.29) is 0 Å². The Balaban J connectivity index is 1.55. The minimum absolute atomic E-state index is 0.654. The van der Waals surface area contributed by atoms with Gasteiger partial charge in [-0.2, -0.15) is 0 Å². The maximum absolute atomic E-state index is 3.73. The molecule has 0 aromatic carbocycles. The molecule has 3 rings (SSSR count). The normalized spacial score (nSPS) is 41.2. The van der Waals surface area contributed by atoms with Crippen LogP contribution >= 0.6 is 0 Å². The maximum atomic E-state index is 3.73. The topological polar surface area (TPSA) is 12.0 Å². The van der Waals surface area contributed by atoms with Crippen LogP contribution in [0.25, 0.3) is 0 Å². The number of fused-ring (bicyclic) bond motifs is 2. The van der Waals surface area contributed by atoms with E-state index >= 15 is 0 Å². The predicted molar refractivity (Wildman–Crippen MR) is 86.8 cm³/mol. The molecule has 1 nitrogen and oxygen atoms in total. The van der Waals surface area contributed by atoms with Crippen molar-refractivity contribution >= 4 is 0 Å². The third-order valence-electron chi connectivity index (χ3n) is 6.59. The third kappa shape index (κ3) is 3.59. The first-order valence-electron chi connectivity index (χ1n) is 9.45. The van der Waals surface area contributed by atoms with Gasteiger partial charge in [0.05, 0.1) is 0 Å². The minimum Gasteiger partial charge on any atom is -0.314 e. The fourth-order valence-electron chi connectivity index (χ4n) is 5.48. The fourth-order valence-corrected chi connectivity index (χ4v) is 5.48. The van der Waals surface area contributed by atoms with Crippen molar-refractivity contribution in [2.45, 2.75) is 84.1 Å². The van der Waals surface area contributed by atoms with Gasteiger partial charge < -0.3 is 5.32 Å². The van der Waals surface area contributed by atoms with Crippen LogP contribution in [-0.4, -0.2) is 12.6 Å². The van der Waals surface area contributed by atoms with Gasteiger partial charge in [-0.3, -0.25) is 0 Å². The van der Waals surface area contributed by atoms with Crippen molar-refractivity contribution in [3.8, 4) is 0 Å². The molecule has 1 N–H and O–H groups in total. The summed E-state index contributed by atoms with van der Waals surface area (Å²) in [6, 6.07) is 0.654. The van der Waals surface area contributed by atoms with Crippen LogP contribution in [0.15, 0.2) is 0 Å². The smallest absolute Gasteiger partial charge is 0.00104 e. The van der Waals surface area contributed by atoms with Crippen molar-refractivity contribution in [1.29, 1.82) is 0 Å². The zero-order chi connectivity index (χ0) is 13.9. The first-order chi connectivity index (χ1) is 9.72. The molecule has 116 valence electrons. The molecule has 2 bridgehead atoms. The average Bonchev–Trinajstić information content (AvgIpc) is 2.96. The lowest BCUT2D eigenvalue weighted by molar-refractivity contribution is 0.201. The monoisotopic (exact) mass is 277 g/mol. The lowest BCUT2D eigenvalue weighted by atomic mass is 9.76. The molecule has 3 saturated carbocycles. The van der Waals surface area contributed by atoms with Gasteiger partial charge in [0.2, 0.25) is 0 Å². The molecule has 0 saturated heterocycles. The highest BCUT2D eigenvalue weighted by Crippen LogP contribution is 2.51. The number of hydrogen-bond donors (Lipinski definition) is 1. The van der Waals surface area contributed by atoms with E-state index < -0.39 is 0 Å². The van der Waals surface area contributed by atoms with Crippen LogP contribution in [0, 0.1) is 29.6 Å². The SMILES string of the molecule is CC(C)NCC1CCCCCC1CC1CC2CCC1C2. The molecule has 20 heavy (non-hydrogen) atoms. The van der Waals surface area contributed by atoms with Gasteiger partial charge in [-0.15, -0.1) is 0 Å². The molecule has 3 aliphatic carbocycles. The quantitative estimate of drug-likeness (QED) is 0.697. The van der Waals surface area contributed by atoms with Crippen LogP contribution in [0.3, 0.4) is 0 Å². The largest absolute Gasteiger partial charge is 0.314 e. The zero-order valence-electron chi connectivity index (χ0n) is 13.7. The predicted octanol–water partition coefficient (Wildman–Crippen LogP) is 5.01. The van der Waals surface area contributed by atoms with Crippen molar-refractivity contribution in [1.82, 2.24) is 5.32 Å². The van der Waals surface area contributed by atoms with Crippen LogP contribution in [0.1, 0.15) is 78.1 Å². The highest BCUT2D eigenvalue weighted by molar-refractivity contribution is 4.92. The molecule has 1 heteroatoms. The molecule has 5 atom stereocenters. The van der Waals surface area contributed by atoms with Crippen LogP contribution in [0.5, 0.6) is 0 Å². The molecular formula is C19H35N. The van der Waals surface area contributed by atoms with E-state index in [9.17, 15) is 0 Å². The Morgan fingerprint density at radius 1 is 0.850 bits per heavy atom. The van der Waals surface area contributed by atoms with Gasteiger partial charge in [-0.1, -0.05) is 46.0 Å². The Morgan fingerprint density at radius 2 is 1.65 bits per heavy atom. The van der Waals surface area contributed by atoms with E-state index in [1.54, 1.807) is 32.1 Å². The van der Waals surface area contributed by atoms with Crippen molar-refractivity contribution in [2.75, 3.05) is 6.54 Å². The first kappa shape index (κ1) is 14.9. The van der Waals surface area contributed by atoms with E-state index in [0.717, 1.165) is 29.6 Å². The van der Waals surface area contributed by atoms with Crippen molar-refractivity contribution in [2.24, 2.45) is 29.6 Å². The van der Waals surface area contributed by atoms with Crippen molar-refractivity contribution in [3.63, 3.8) is 0 Å². The van der Waals surface area contributed by atoms with E-state index in [1.165, 1.54) is 38.6 Å². The van der Waals surface area contributed by atoms with Gasteiger partial charge >= 0.3 is 0 Å². The summed E-state index contributed by atoms with van der Waals surface area (Å²) in [5, 5.41) is 3.73. The Hall–Kier alpha value is -0.0400. The second-order valence-electron chi connectivity index (χ2n) is 8.39. The Kier molecular flexibility index (Phi) is 5.07. The van der Waals surface area contributed by atoms with Crippen molar-refractivity contribution in [3.05, 3.63) is 0 Å². The molecular weight excluding hydrogens is 242 g/mol. The van der Waals surface area contributed by atoms with Gasteiger partial charge in [-0.25, -0.2) is 0 Å². The molecule has 0 aromatic heterocycles. The summed E-state index contributed by atoms with van der Waals surface area (Å²) in [5.41, 5.74) is 0. The lowest BCUT2D eigenvalue weighted by Crippen LogP contribution is -2.33. The summed E-state index contributed by atoms with van der Waals surface area (Å²) in [5.74, 6) is 5.37. The molecule has 5 unspecified atom stereocenters. The Morgan fingerprint density at radius 3 is 2.30 bits per heavy atom. The summed E-state index contributed by atoms with van der Waals surface area (Å²) in [6.45, 7) is 5.87. The minimum atomic E-state index is 0.654. The van der Waals surface area contributed by atoms with E-state index in [4.69, 9.17) is 0 Å². The number of nitrogens with one attached hydrogen (secondary N) is 1. The molecule has 0 radical (unpaired) electrons. The zero-order valence-corrected chi connectivity index (χ0v) is 13.7. The average molecular weight is 277 g/mol. The third-order valence-corrected chi connectivity index (χ3v) is 6.59.